The fourth-order valence-corrected chi connectivity index (χ4v) is 5.10. The van der Waals surface area contributed by atoms with E-state index < -0.39 is 8.80 Å². The van der Waals surface area contributed by atoms with Gasteiger partial charge in [-0.3, -0.25) is 0 Å². The van der Waals surface area contributed by atoms with Crippen LogP contribution in [0.1, 0.15) is 6.92 Å². The number of alkyl halides is 1. The van der Waals surface area contributed by atoms with Gasteiger partial charge in [0.05, 0.1) is 20.3 Å². The second-order valence-corrected chi connectivity index (χ2v) is 8.05. The van der Waals surface area contributed by atoms with E-state index in [4.69, 9.17) is 34.4 Å². The molecule has 2 aromatic carbocycles. The highest BCUT2D eigenvalue weighted by molar-refractivity contribution is 6.63. The summed E-state index contributed by atoms with van der Waals surface area (Å²) < 4.78 is 28.6. The summed E-state index contributed by atoms with van der Waals surface area (Å²) in [6.45, 7) is 2.38. The summed E-state index contributed by atoms with van der Waals surface area (Å²) in [7, 11) is 0.195. The van der Waals surface area contributed by atoms with Crippen LogP contribution in [0, 0.1) is 0 Å². The number of rotatable bonds is 10. The zero-order valence-corrected chi connectivity index (χ0v) is 16.4. The average molecular weight is 383 g/mol. The van der Waals surface area contributed by atoms with E-state index in [0.29, 0.717) is 30.0 Å². The smallest absolute Gasteiger partial charge is 0.497 e. The standard InChI is InChI=1S/C18H23ClO5Si/c1-4-22-25(14-13-19,23-17-9-5-15(20-2)6-10-17)24-18-11-7-16(21-3)8-12-18/h5-12H,4,13-14H2,1-3H3. The predicted octanol–water partition coefficient (Wildman–Crippen LogP) is 4.38. The van der Waals surface area contributed by atoms with Crippen molar-refractivity contribution in [3.8, 4) is 23.0 Å². The molecular weight excluding hydrogens is 360 g/mol. The SMILES string of the molecule is CCO[Si](CCCl)(Oc1ccc(OC)cc1)Oc1ccc(OC)cc1. The molecule has 0 spiro atoms. The summed E-state index contributed by atoms with van der Waals surface area (Å²) in [5.41, 5.74) is 0. The van der Waals surface area contributed by atoms with Gasteiger partial charge < -0.3 is 22.8 Å². The Morgan fingerprint density at radius 3 is 1.48 bits per heavy atom. The van der Waals surface area contributed by atoms with E-state index in [1.165, 1.54) is 0 Å². The van der Waals surface area contributed by atoms with Crippen LogP contribution in [0.5, 0.6) is 23.0 Å². The highest BCUT2D eigenvalue weighted by atomic mass is 35.5. The highest BCUT2D eigenvalue weighted by Gasteiger charge is 2.45. The number of halogens is 1. The van der Waals surface area contributed by atoms with Crippen molar-refractivity contribution in [1.29, 1.82) is 0 Å². The van der Waals surface area contributed by atoms with E-state index >= 15 is 0 Å². The lowest BCUT2D eigenvalue weighted by Crippen LogP contribution is -2.52. The zero-order valence-electron chi connectivity index (χ0n) is 14.7. The lowest BCUT2D eigenvalue weighted by Gasteiger charge is -2.29. The molecule has 0 heterocycles. The molecule has 0 radical (unpaired) electrons. The largest absolute Gasteiger partial charge is 0.633 e. The maximum atomic E-state index is 6.17. The van der Waals surface area contributed by atoms with Crippen LogP contribution in [0.15, 0.2) is 48.5 Å². The lowest BCUT2D eigenvalue weighted by atomic mass is 10.3. The Hall–Kier alpha value is -1.89. The van der Waals surface area contributed by atoms with Gasteiger partial charge >= 0.3 is 8.80 Å². The van der Waals surface area contributed by atoms with Gasteiger partial charge in [-0.25, -0.2) is 0 Å². The molecule has 0 atom stereocenters. The number of methoxy groups -OCH3 is 2. The Kier molecular flexibility index (Phi) is 7.43. The van der Waals surface area contributed by atoms with Gasteiger partial charge in [0.2, 0.25) is 0 Å². The van der Waals surface area contributed by atoms with E-state index in [2.05, 4.69) is 0 Å². The molecule has 0 unspecified atom stereocenters. The average Bonchev–Trinajstić information content (AvgIpc) is 2.63. The number of hydrogen-bond acceptors (Lipinski definition) is 5. The highest BCUT2D eigenvalue weighted by Crippen LogP contribution is 2.27. The van der Waals surface area contributed by atoms with Crippen molar-refractivity contribution in [1.82, 2.24) is 0 Å². The molecule has 0 aromatic heterocycles. The molecule has 0 fully saturated rings. The van der Waals surface area contributed by atoms with Crippen LogP contribution in [0.3, 0.4) is 0 Å². The molecule has 2 rings (SSSR count). The van der Waals surface area contributed by atoms with Crippen molar-refractivity contribution < 1.29 is 22.8 Å². The van der Waals surface area contributed by atoms with Crippen molar-refractivity contribution in [2.24, 2.45) is 0 Å². The van der Waals surface area contributed by atoms with E-state index in [1.807, 2.05) is 55.5 Å². The Labute approximate surface area is 154 Å². The zero-order chi connectivity index (χ0) is 18.1. The molecule has 0 aliphatic heterocycles. The predicted molar refractivity (Wildman–Crippen MR) is 100 cm³/mol. The summed E-state index contributed by atoms with van der Waals surface area (Å²) in [5.74, 6) is 3.19. The Morgan fingerprint density at radius 1 is 0.760 bits per heavy atom. The van der Waals surface area contributed by atoms with Gasteiger partial charge in [-0.1, -0.05) is 0 Å². The first kappa shape index (κ1) is 19.4. The van der Waals surface area contributed by atoms with Crippen molar-refractivity contribution in [2.45, 2.75) is 13.0 Å². The first-order valence-electron chi connectivity index (χ1n) is 8.00. The molecule has 0 aliphatic carbocycles. The Bertz CT molecular complexity index is 575. The van der Waals surface area contributed by atoms with Crippen LogP contribution in [0.25, 0.3) is 0 Å². The van der Waals surface area contributed by atoms with Crippen molar-refractivity contribution in [3.63, 3.8) is 0 Å². The summed E-state index contributed by atoms with van der Waals surface area (Å²) in [6, 6.07) is 15.1. The van der Waals surface area contributed by atoms with E-state index in [0.717, 1.165) is 11.5 Å². The van der Waals surface area contributed by atoms with Gasteiger partial charge in [-0.05, 0) is 55.5 Å². The van der Waals surface area contributed by atoms with Crippen molar-refractivity contribution in [3.05, 3.63) is 48.5 Å². The van der Waals surface area contributed by atoms with Crippen molar-refractivity contribution >= 4 is 20.4 Å². The Balaban J connectivity index is 2.23. The van der Waals surface area contributed by atoms with Gasteiger partial charge in [0.1, 0.15) is 23.0 Å². The van der Waals surface area contributed by atoms with Gasteiger partial charge in [-0.2, -0.15) is 0 Å². The number of benzene rings is 2. The van der Waals surface area contributed by atoms with Gasteiger partial charge in [0.25, 0.3) is 0 Å². The minimum absolute atomic E-state index is 0.374. The normalized spacial score (nSPS) is 11.0. The number of hydrogen-bond donors (Lipinski definition) is 0. The summed E-state index contributed by atoms with van der Waals surface area (Å²) >= 11 is 6.00. The Morgan fingerprint density at radius 2 is 1.16 bits per heavy atom. The van der Waals surface area contributed by atoms with E-state index in [9.17, 15) is 0 Å². The molecule has 0 N–H and O–H groups in total. The third-order valence-corrected chi connectivity index (χ3v) is 6.62. The third-order valence-electron chi connectivity index (χ3n) is 3.43. The maximum Gasteiger partial charge on any atom is 0.633 e. The quantitative estimate of drug-likeness (QED) is 0.451. The van der Waals surface area contributed by atoms with Crippen LogP contribution in [-0.4, -0.2) is 35.5 Å². The summed E-state index contributed by atoms with van der Waals surface area (Å²) in [6.07, 6.45) is 0. The van der Waals surface area contributed by atoms with Crippen molar-refractivity contribution in [2.75, 3.05) is 26.7 Å². The molecule has 2 aromatic rings. The van der Waals surface area contributed by atoms with Gasteiger partial charge in [-0.15, -0.1) is 11.6 Å². The maximum absolute atomic E-state index is 6.17. The van der Waals surface area contributed by atoms with Crippen LogP contribution in [0.4, 0.5) is 0 Å². The monoisotopic (exact) mass is 382 g/mol. The van der Waals surface area contributed by atoms with Gasteiger partial charge in [0, 0.05) is 12.5 Å². The number of ether oxygens (including phenoxy) is 2. The molecule has 0 saturated heterocycles. The molecule has 0 amide bonds. The van der Waals surface area contributed by atoms with E-state index in [-0.39, 0.29) is 0 Å². The van der Waals surface area contributed by atoms with Crippen LogP contribution in [-0.2, 0) is 4.43 Å². The second kappa shape index (κ2) is 9.55. The van der Waals surface area contributed by atoms with Gasteiger partial charge in [0.15, 0.2) is 0 Å². The molecule has 7 heteroatoms. The molecule has 0 bridgehead atoms. The minimum Gasteiger partial charge on any atom is -0.497 e. The van der Waals surface area contributed by atoms with Crippen LogP contribution in [0.2, 0.25) is 6.04 Å². The molecule has 136 valence electrons. The summed E-state index contributed by atoms with van der Waals surface area (Å²) in [5, 5.41) is 0. The first-order valence-corrected chi connectivity index (χ1v) is 10.5. The van der Waals surface area contributed by atoms with E-state index in [1.54, 1.807) is 14.2 Å². The summed E-state index contributed by atoms with van der Waals surface area (Å²) in [4.78, 5) is 0. The van der Waals surface area contributed by atoms with Crippen LogP contribution < -0.4 is 18.3 Å². The fourth-order valence-electron chi connectivity index (χ4n) is 2.24. The fraction of sp³-hybridized carbons (Fsp3) is 0.333. The molecule has 5 nitrogen and oxygen atoms in total. The first-order chi connectivity index (χ1) is 12.1. The molecule has 0 aliphatic rings. The lowest BCUT2D eigenvalue weighted by molar-refractivity contribution is 0.175. The molecule has 25 heavy (non-hydrogen) atoms. The second-order valence-electron chi connectivity index (χ2n) is 5.11. The van der Waals surface area contributed by atoms with Crippen LogP contribution >= 0.6 is 11.6 Å². The topological polar surface area (TPSA) is 46.2 Å². The third kappa shape index (κ3) is 5.56. The minimum atomic E-state index is -3.05. The molecule has 0 saturated carbocycles. The molecular formula is C18H23ClO5Si.